The fraction of sp³-hybridized carbons (Fsp3) is 0.125. The molecule has 0 radical (unpaired) electrons. The van der Waals surface area contributed by atoms with E-state index < -0.39 is 10.2 Å². The highest BCUT2D eigenvalue weighted by molar-refractivity contribution is 7.79. The van der Waals surface area contributed by atoms with Gasteiger partial charge in [-0.15, -0.1) is 10.2 Å². The normalized spacial score (nSPS) is 16.1. The zero-order valence-corrected chi connectivity index (χ0v) is 13.9. The minimum atomic E-state index is -4.94. The first-order chi connectivity index (χ1) is 10.9. The van der Waals surface area contributed by atoms with E-state index in [-0.39, 0.29) is 0 Å². The lowest BCUT2D eigenvalue weighted by atomic mass is 10.1. The monoisotopic (exact) mass is 354 g/mol. The Morgan fingerprint density at radius 2 is 1.65 bits per heavy atom. The second kappa shape index (κ2) is 7.83. The van der Waals surface area contributed by atoms with Crippen molar-refractivity contribution >= 4 is 17.8 Å². The Bertz CT molecular complexity index is 664. The number of ether oxygens (including phenoxy) is 1. The van der Waals surface area contributed by atoms with Crippen LogP contribution in [-0.2, 0) is 11.8 Å². The highest BCUT2D eigenvalue weighted by Crippen LogP contribution is 2.32. The Hall–Kier alpha value is -1.54. The number of hydrogen-bond donors (Lipinski definition) is 0. The molecule has 0 aromatic heterocycles. The summed E-state index contributed by atoms with van der Waals surface area (Å²) in [7, 11) is -3.24. The molecule has 0 N–H and O–H groups in total. The number of thiol groups is 1. The summed E-state index contributed by atoms with van der Waals surface area (Å²) in [6.07, 6.45) is 4.48. The molecule has 2 aromatic carbocycles. The van der Waals surface area contributed by atoms with Crippen LogP contribution in [0.5, 0.6) is 5.75 Å². The van der Waals surface area contributed by atoms with Gasteiger partial charge in [0.2, 0.25) is 0 Å². The van der Waals surface area contributed by atoms with E-state index in [9.17, 15) is 0 Å². The van der Waals surface area contributed by atoms with Gasteiger partial charge in [0.1, 0.15) is 5.75 Å². The van der Waals surface area contributed by atoms with Crippen LogP contribution in [0.1, 0.15) is 16.4 Å². The Morgan fingerprint density at radius 1 is 1.00 bits per heavy atom. The van der Waals surface area contributed by atoms with Gasteiger partial charge in [0.15, 0.2) is 10.1 Å². The Labute approximate surface area is 140 Å². The van der Waals surface area contributed by atoms with Crippen molar-refractivity contribution in [2.45, 2.75) is 10.1 Å². The van der Waals surface area contributed by atoms with Crippen LogP contribution < -0.4 is 23.4 Å². The summed E-state index contributed by atoms with van der Waals surface area (Å²) in [6, 6.07) is 16.9. The standard InChI is InChI=1S/C16H14OS.ClHO4/c1-17-14-8-10-16-13(11-14)7-9-15(18-16)12-5-3-2-4-6-12;2-1(3,4)5/h2-11,15H,1H3;(H,2,3,4,5). The average molecular weight is 355 g/mol. The summed E-state index contributed by atoms with van der Waals surface area (Å²) < 4.78 is 39.2. The third-order valence-corrected chi connectivity index (χ3v) is 4.55. The lowest BCUT2D eigenvalue weighted by Gasteiger charge is -2.17. The maximum absolute atomic E-state index is 8.49. The fourth-order valence-electron chi connectivity index (χ4n) is 2.13. The number of methoxy groups -OCH3 is 1. The molecular formula is C16H15ClO5S. The molecule has 3 rings (SSSR count). The molecule has 0 saturated carbocycles. The average Bonchev–Trinajstić information content (AvgIpc) is 2.53. The minimum absolute atomic E-state index is 0.465. The zero-order valence-electron chi connectivity index (χ0n) is 12.2. The van der Waals surface area contributed by atoms with E-state index in [2.05, 4.69) is 54.6 Å². The van der Waals surface area contributed by atoms with Crippen LogP contribution >= 0.6 is 0 Å². The third kappa shape index (κ3) is 5.87. The van der Waals surface area contributed by atoms with E-state index in [4.69, 9.17) is 23.4 Å². The highest BCUT2D eigenvalue weighted by atomic mass is 35.7. The maximum atomic E-state index is 8.49. The summed E-state index contributed by atoms with van der Waals surface area (Å²) in [5.41, 5.74) is 2.64. The Balaban J connectivity index is 0.000000338. The molecular weight excluding hydrogens is 340 g/mol. The van der Waals surface area contributed by atoms with E-state index in [0.717, 1.165) is 5.75 Å². The Morgan fingerprint density at radius 3 is 2.26 bits per heavy atom. The fourth-order valence-corrected chi connectivity index (χ4v) is 3.38. The van der Waals surface area contributed by atoms with Crippen molar-refractivity contribution in [3.8, 4) is 5.75 Å². The first-order valence-corrected chi connectivity index (χ1v) is 8.80. The molecule has 1 unspecified atom stereocenters. The molecule has 0 aliphatic carbocycles. The molecule has 0 spiro atoms. The molecule has 1 aliphatic rings. The predicted octanol–water partition coefficient (Wildman–Crippen LogP) is -1.12. The number of halogens is 1. The van der Waals surface area contributed by atoms with Gasteiger partial charge < -0.3 is 4.74 Å². The smallest absolute Gasteiger partial charge is 0.164 e. The van der Waals surface area contributed by atoms with Crippen molar-refractivity contribution in [1.82, 2.24) is 0 Å². The van der Waals surface area contributed by atoms with Crippen molar-refractivity contribution in [2.24, 2.45) is 0 Å². The lowest BCUT2D eigenvalue weighted by Crippen LogP contribution is -2.68. The van der Waals surface area contributed by atoms with E-state index in [1.54, 1.807) is 7.11 Å². The number of hydrogen-bond acceptors (Lipinski definition) is 5. The van der Waals surface area contributed by atoms with Crippen LogP contribution in [0.4, 0.5) is 0 Å². The minimum Gasteiger partial charge on any atom is -0.497 e. The van der Waals surface area contributed by atoms with Crippen molar-refractivity contribution in [3.05, 3.63) is 65.7 Å². The molecule has 122 valence electrons. The van der Waals surface area contributed by atoms with Gasteiger partial charge in [0.25, 0.3) is 0 Å². The molecule has 2 aromatic rings. The van der Waals surface area contributed by atoms with E-state index >= 15 is 0 Å². The quantitative estimate of drug-likeness (QED) is 0.502. The molecule has 0 bridgehead atoms. The van der Waals surface area contributed by atoms with Gasteiger partial charge in [0.05, 0.1) is 7.11 Å². The van der Waals surface area contributed by atoms with Gasteiger partial charge in [-0.3, -0.25) is 0 Å². The van der Waals surface area contributed by atoms with Crippen LogP contribution in [0, 0.1) is 10.2 Å². The van der Waals surface area contributed by atoms with E-state index in [0.29, 0.717) is 5.25 Å². The van der Waals surface area contributed by atoms with E-state index in [1.807, 2.05) is 6.07 Å². The Kier molecular flexibility index (Phi) is 6.06. The second-order valence-corrected chi connectivity index (χ2v) is 6.70. The van der Waals surface area contributed by atoms with Crippen LogP contribution in [0.15, 0.2) is 59.5 Å². The van der Waals surface area contributed by atoms with Gasteiger partial charge in [0, 0.05) is 22.9 Å². The zero-order chi connectivity index (χ0) is 16.9. The molecule has 1 heterocycles. The van der Waals surface area contributed by atoms with Crippen LogP contribution in [-0.4, -0.2) is 7.11 Å². The first-order valence-electron chi connectivity index (χ1n) is 6.60. The summed E-state index contributed by atoms with van der Waals surface area (Å²) >= 11 is 1.34. The molecule has 23 heavy (non-hydrogen) atoms. The molecule has 0 saturated heterocycles. The summed E-state index contributed by atoms with van der Waals surface area (Å²) in [5, 5.41) is 0.465. The topological polar surface area (TPSA) is 101 Å². The molecule has 0 fully saturated rings. The third-order valence-electron chi connectivity index (χ3n) is 3.11. The number of fused-ring (bicyclic) bond motifs is 1. The van der Waals surface area contributed by atoms with Gasteiger partial charge in [-0.25, -0.2) is 18.6 Å². The van der Waals surface area contributed by atoms with Gasteiger partial charge in [-0.1, -0.05) is 30.3 Å². The summed E-state index contributed by atoms with van der Waals surface area (Å²) in [5.74, 6) is 0.923. The summed E-state index contributed by atoms with van der Waals surface area (Å²) in [6.45, 7) is 0. The predicted molar refractivity (Wildman–Crippen MR) is 78.2 cm³/mol. The van der Waals surface area contributed by atoms with Gasteiger partial charge in [-0.2, -0.15) is 0 Å². The first kappa shape index (κ1) is 17.8. The number of benzene rings is 2. The van der Waals surface area contributed by atoms with Crippen molar-refractivity contribution in [1.29, 1.82) is 0 Å². The molecule has 0 amide bonds. The largest absolute Gasteiger partial charge is 0.497 e. The maximum Gasteiger partial charge on any atom is 0.164 e. The van der Waals surface area contributed by atoms with Crippen molar-refractivity contribution < 1.29 is 33.6 Å². The summed E-state index contributed by atoms with van der Waals surface area (Å²) in [4.78, 5) is 1.37. The second-order valence-electron chi connectivity index (χ2n) is 4.65. The number of rotatable bonds is 2. The van der Waals surface area contributed by atoms with Gasteiger partial charge in [-0.05, 0) is 30.4 Å². The van der Waals surface area contributed by atoms with Crippen LogP contribution in [0.25, 0.3) is 6.08 Å². The SMILES string of the molecule is COc1ccc2c(c1)C=CC(c1ccccc1)[SH+]2.[O-][Cl+3]([O-])([O-])[O-]. The molecule has 5 nitrogen and oxygen atoms in total. The van der Waals surface area contributed by atoms with Crippen LogP contribution in [0.2, 0.25) is 0 Å². The van der Waals surface area contributed by atoms with Crippen LogP contribution in [0.3, 0.4) is 0 Å². The molecule has 1 atom stereocenters. The molecule has 7 heteroatoms. The van der Waals surface area contributed by atoms with Gasteiger partial charge >= 0.3 is 0 Å². The van der Waals surface area contributed by atoms with Crippen molar-refractivity contribution in [3.63, 3.8) is 0 Å². The molecule has 1 aliphatic heterocycles. The lowest BCUT2D eigenvalue weighted by molar-refractivity contribution is -2.00. The van der Waals surface area contributed by atoms with Crippen molar-refractivity contribution in [2.75, 3.05) is 7.11 Å². The van der Waals surface area contributed by atoms with E-state index in [1.165, 1.54) is 27.8 Å². The highest BCUT2D eigenvalue weighted by Gasteiger charge is 2.24.